The number of hydrogen-bond donors (Lipinski definition) is 0. The Hall–Kier alpha value is -0.790. The van der Waals surface area contributed by atoms with E-state index in [1.54, 1.807) is 0 Å². The van der Waals surface area contributed by atoms with E-state index >= 15 is 0 Å². The lowest BCUT2D eigenvalue weighted by Gasteiger charge is -2.01. The van der Waals surface area contributed by atoms with E-state index in [2.05, 4.69) is 23.8 Å². The van der Waals surface area contributed by atoms with Gasteiger partial charge in [0.15, 0.2) is 0 Å². The van der Waals surface area contributed by atoms with Crippen LogP contribution >= 0.6 is 0 Å². The van der Waals surface area contributed by atoms with Crippen molar-refractivity contribution in [2.45, 2.75) is 110 Å². The second kappa shape index (κ2) is 19.3. The number of rotatable bonds is 17. The molecule has 2 heteroatoms. The molecule has 0 spiro atoms. The van der Waals surface area contributed by atoms with Gasteiger partial charge in [0.25, 0.3) is 0 Å². The summed E-state index contributed by atoms with van der Waals surface area (Å²) in [6, 6.07) is 0. The Morgan fingerprint density at radius 1 is 0.696 bits per heavy atom. The van der Waals surface area contributed by atoms with Gasteiger partial charge in [-0.05, 0) is 32.1 Å². The summed E-state index contributed by atoms with van der Waals surface area (Å²) in [6.45, 7) is 2.27. The highest BCUT2D eigenvalue weighted by Crippen LogP contribution is 2.11. The molecule has 0 aromatic rings. The fourth-order valence-corrected chi connectivity index (χ4v) is 2.80. The Balaban J connectivity index is 3.10. The smallest absolute Gasteiger partial charge is 0.305 e. The predicted molar refractivity (Wildman–Crippen MR) is 101 cm³/mol. The van der Waals surface area contributed by atoms with Crippen LogP contribution in [-0.4, -0.2) is 13.1 Å². The quantitative estimate of drug-likeness (QED) is 0.164. The Morgan fingerprint density at radius 3 is 1.61 bits per heavy atom. The summed E-state index contributed by atoms with van der Waals surface area (Å²) in [5, 5.41) is 0. The number of methoxy groups -OCH3 is 1. The summed E-state index contributed by atoms with van der Waals surface area (Å²) in [5.41, 5.74) is 0. The molecule has 0 aliphatic rings. The zero-order valence-electron chi connectivity index (χ0n) is 15.8. The van der Waals surface area contributed by atoms with Gasteiger partial charge in [-0.1, -0.05) is 83.3 Å². The third-order valence-corrected chi connectivity index (χ3v) is 4.37. The predicted octanol–water partition coefficient (Wildman–Crippen LogP) is 6.98. The van der Waals surface area contributed by atoms with Crippen LogP contribution in [0.5, 0.6) is 0 Å². The van der Waals surface area contributed by atoms with Crippen LogP contribution in [0, 0.1) is 0 Å². The number of carbonyl (C=O) groups excluding carboxylic acids is 1. The van der Waals surface area contributed by atoms with E-state index in [1.165, 1.54) is 90.6 Å². The van der Waals surface area contributed by atoms with E-state index in [1.807, 2.05) is 0 Å². The summed E-state index contributed by atoms with van der Waals surface area (Å²) in [7, 11) is 1.46. The molecule has 0 bridgehead atoms. The van der Waals surface area contributed by atoms with Crippen LogP contribution < -0.4 is 0 Å². The first-order valence-corrected chi connectivity index (χ1v) is 10.0. The Morgan fingerprint density at radius 2 is 1.13 bits per heavy atom. The molecule has 0 unspecified atom stereocenters. The number of ether oxygens (including phenoxy) is 1. The molecule has 0 amide bonds. The summed E-state index contributed by atoms with van der Waals surface area (Å²) in [4.78, 5) is 10.9. The second-order valence-electron chi connectivity index (χ2n) is 6.62. The topological polar surface area (TPSA) is 26.3 Å². The normalized spacial score (nSPS) is 11.2. The van der Waals surface area contributed by atoms with Crippen LogP contribution in [0.25, 0.3) is 0 Å². The van der Waals surface area contributed by atoms with Crippen molar-refractivity contribution in [3.05, 3.63) is 12.2 Å². The van der Waals surface area contributed by atoms with Crippen molar-refractivity contribution in [2.24, 2.45) is 0 Å². The molecule has 0 atom stereocenters. The van der Waals surface area contributed by atoms with Crippen LogP contribution in [0.2, 0.25) is 0 Å². The maximum Gasteiger partial charge on any atom is 0.305 e. The Kier molecular flexibility index (Phi) is 18.6. The SMILES string of the molecule is CCCCCCCCC/C=C\CCCCCCCCC(=O)OC. The molecule has 0 aliphatic carbocycles. The molecule has 23 heavy (non-hydrogen) atoms. The lowest BCUT2D eigenvalue weighted by molar-refractivity contribution is -0.140. The number of allylic oxidation sites excluding steroid dienone is 2. The van der Waals surface area contributed by atoms with Crippen LogP contribution in [0.15, 0.2) is 12.2 Å². The molecule has 0 radical (unpaired) electrons. The van der Waals surface area contributed by atoms with Gasteiger partial charge in [0.05, 0.1) is 7.11 Å². The fourth-order valence-electron chi connectivity index (χ4n) is 2.80. The van der Waals surface area contributed by atoms with Gasteiger partial charge in [-0.3, -0.25) is 4.79 Å². The minimum atomic E-state index is -0.0731. The zero-order chi connectivity index (χ0) is 17.0. The third kappa shape index (κ3) is 19.2. The highest BCUT2D eigenvalue weighted by Gasteiger charge is 1.98. The molecule has 0 heterocycles. The van der Waals surface area contributed by atoms with Crippen molar-refractivity contribution >= 4 is 5.97 Å². The van der Waals surface area contributed by atoms with Gasteiger partial charge < -0.3 is 4.74 Å². The van der Waals surface area contributed by atoms with Crippen molar-refractivity contribution in [1.82, 2.24) is 0 Å². The summed E-state index contributed by atoms with van der Waals surface area (Å²) < 4.78 is 4.63. The number of carbonyl (C=O) groups is 1. The molecule has 0 N–H and O–H groups in total. The summed E-state index contributed by atoms with van der Waals surface area (Å²) in [6.07, 6.45) is 24.9. The van der Waals surface area contributed by atoms with E-state index in [-0.39, 0.29) is 5.97 Å². The van der Waals surface area contributed by atoms with Gasteiger partial charge >= 0.3 is 5.97 Å². The number of unbranched alkanes of at least 4 members (excludes halogenated alkanes) is 13. The van der Waals surface area contributed by atoms with E-state index in [9.17, 15) is 4.79 Å². The molecule has 0 aromatic carbocycles. The van der Waals surface area contributed by atoms with Crippen molar-refractivity contribution in [2.75, 3.05) is 7.11 Å². The monoisotopic (exact) mass is 324 g/mol. The van der Waals surface area contributed by atoms with E-state index in [4.69, 9.17) is 0 Å². The molecule has 2 nitrogen and oxygen atoms in total. The molecular formula is C21H40O2. The number of hydrogen-bond acceptors (Lipinski definition) is 2. The third-order valence-electron chi connectivity index (χ3n) is 4.37. The van der Waals surface area contributed by atoms with Crippen LogP contribution in [-0.2, 0) is 9.53 Å². The number of esters is 1. The molecule has 0 aliphatic heterocycles. The summed E-state index contributed by atoms with van der Waals surface area (Å²) in [5.74, 6) is -0.0731. The lowest BCUT2D eigenvalue weighted by atomic mass is 10.1. The standard InChI is InChI=1S/C21H40O2/c1-3-4-5-6-7-8-9-10-11-12-13-14-15-16-17-18-19-20-21(22)23-2/h11-12H,3-10,13-20H2,1-2H3/b12-11-. The summed E-state index contributed by atoms with van der Waals surface area (Å²) >= 11 is 0. The highest BCUT2D eigenvalue weighted by molar-refractivity contribution is 5.68. The Bertz CT molecular complexity index is 271. The molecule has 0 aromatic heterocycles. The second-order valence-corrected chi connectivity index (χ2v) is 6.62. The first-order chi connectivity index (χ1) is 11.3. The van der Waals surface area contributed by atoms with Crippen molar-refractivity contribution in [3.8, 4) is 0 Å². The maximum absolute atomic E-state index is 10.9. The highest BCUT2D eigenvalue weighted by atomic mass is 16.5. The van der Waals surface area contributed by atoms with E-state index in [0.717, 1.165) is 12.8 Å². The van der Waals surface area contributed by atoms with E-state index in [0.29, 0.717) is 6.42 Å². The molecule has 0 fully saturated rings. The minimum absolute atomic E-state index is 0.0731. The van der Waals surface area contributed by atoms with E-state index < -0.39 is 0 Å². The van der Waals surface area contributed by atoms with Gasteiger partial charge in [-0.25, -0.2) is 0 Å². The van der Waals surface area contributed by atoms with Crippen LogP contribution in [0.4, 0.5) is 0 Å². The van der Waals surface area contributed by atoms with Gasteiger partial charge in [-0.15, -0.1) is 0 Å². The van der Waals surface area contributed by atoms with Crippen LogP contribution in [0.1, 0.15) is 110 Å². The van der Waals surface area contributed by atoms with Crippen LogP contribution in [0.3, 0.4) is 0 Å². The minimum Gasteiger partial charge on any atom is -0.469 e. The largest absolute Gasteiger partial charge is 0.469 e. The van der Waals surface area contributed by atoms with Gasteiger partial charge in [0, 0.05) is 6.42 Å². The molecular weight excluding hydrogens is 284 g/mol. The van der Waals surface area contributed by atoms with Gasteiger partial charge in [0.1, 0.15) is 0 Å². The van der Waals surface area contributed by atoms with Gasteiger partial charge in [0.2, 0.25) is 0 Å². The zero-order valence-corrected chi connectivity index (χ0v) is 15.8. The maximum atomic E-state index is 10.9. The first kappa shape index (κ1) is 22.2. The average molecular weight is 325 g/mol. The molecule has 0 saturated carbocycles. The Labute approximate surface area is 145 Å². The van der Waals surface area contributed by atoms with Crippen molar-refractivity contribution in [1.29, 1.82) is 0 Å². The molecule has 136 valence electrons. The molecule has 0 rings (SSSR count). The molecule has 0 saturated heterocycles. The first-order valence-electron chi connectivity index (χ1n) is 10.0. The lowest BCUT2D eigenvalue weighted by Crippen LogP contribution is -1.99. The average Bonchev–Trinajstić information content (AvgIpc) is 2.57. The van der Waals surface area contributed by atoms with Crippen molar-refractivity contribution < 1.29 is 9.53 Å². The van der Waals surface area contributed by atoms with Gasteiger partial charge in [-0.2, -0.15) is 0 Å². The fraction of sp³-hybridized carbons (Fsp3) is 0.857. The van der Waals surface area contributed by atoms with Crippen molar-refractivity contribution in [3.63, 3.8) is 0 Å².